The second-order valence-corrected chi connectivity index (χ2v) is 6.90. The number of oxazole rings is 1. The van der Waals surface area contributed by atoms with Crippen LogP contribution in [0.15, 0.2) is 28.8 Å². The summed E-state index contributed by atoms with van der Waals surface area (Å²) in [7, 11) is 0. The third kappa shape index (κ3) is 2.02. The Hall–Kier alpha value is -1.03. The van der Waals surface area contributed by atoms with Crippen molar-refractivity contribution in [3.05, 3.63) is 51.7 Å². The van der Waals surface area contributed by atoms with Gasteiger partial charge in [0.2, 0.25) is 0 Å². The molecule has 5 heteroatoms. The van der Waals surface area contributed by atoms with Gasteiger partial charge in [-0.1, -0.05) is 29.3 Å². The highest BCUT2D eigenvalue weighted by atomic mass is 35.5. The monoisotopic (exact) mass is 322 g/mol. The number of piperidine rings is 1. The molecule has 1 N–H and O–H groups in total. The third-order valence-corrected chi connectivity index (χ3v) is 5.74. The van der Waals surface area contributed by atoms with Crippen LogP contribution in [0.5, 0.6) is 0 Å². The predicted octanol–water partition coefficient (Wildman–Crippen LogP) is 3.62. The van der Waals surface area contributed by atoms with Crippen LogP contribution in [0.4, 0.5) is 0 Å². The van der Waals surface area contributed by atoms with Crippen molar-refractivity contribution in [1.82, 2.24) is 10.3 Å². The average Bonchev–Trinajstić information content (AvgIpc) is 2.84. The summed E-state index contributed by atoms with van der Waals surface area (Å²) in [4.78, 5) is 4.35. The van der Waals surface area contributed by atoms with Gasteiger partial charge in [-0.15, -0.1) is 0 Å². The van der Waals surface area contributed by atoms with Gasteiger partial charge in [-0.25, -0.2) is 4.98 Å². The number of rotatable bonds is 3. The molecule has 0 bridgehead atoms. The number of hydrogen-bond acceptors (Lipinski definition) is 3. The van der Waals surface area contributed by atoms with E-state index in [1.807, 2.05) is 19.1 Å². The summed E-state index contributed by atoms with van der Waals surface area (Å²) in [5, 5.41) is 4.73. The molecule has 1 aromatic heterocycles. The molecule has 2 aromatic rings. The topological polar surface area (TPSA) is 38.1 Å². The third-order valence-electron chi connectivity index (χ3n) is 5.00. The highest BCUT2D eigenvalue weighted by molar-refractivity contribution is 6.42. The van der Waals surface area contributed by atoms with Gasteiger partial charge < -0.3 is 9.73 Å². The van der Waals surface area contributed by atoms with Crippen molar-refractivity contribution < 1.29 is 4.42 Å². The van der Waals surface area contributed by atoms with Crippen LogP contribution in [0.25, 0.3) is 0 Å². The minimum Gasteiger partial charge on any atom is -0.446 e. The minimum atomic E-state index is 0.163. The fourth-order valence-electron chi connectivity index (χ4n) is 3.95. The van der Waals surface area contributed by atoms with E-state index in [0.717, 1.165) is 31.2 Å². The second-order valence-electron chi connectivity index (χ2n) is 6.08. The summed E-state index contributed by atoms with van der Waals surface area (Å²) in [6.07, 6.45) is 2.68. The zero-order valence-corrected chi connectivity index (χ0v) is 13.2. The first-order valence-corrected chi connectivity index (χ1v) is 7.94. The molecule has 2 heterocycles. The Bertz CT molecular complexity index is 699. The number of benzene rings is 1. The fraction of sp³-hybridized carbons (Fsp3) is 0.438. The molecule has 3 nitrogen and oxygen atoms in total. The Morgan fingerprint density at radius 3 is 2.95 bits per heavy atom. The second kappa shape index (κ2) is 4.73. The number of aromatic nitrogens is 1. The first-order valence-electron chi connectivity index (χ1n) is 7.19. The lowest BCUT2D eigenvalue weighted by atomic mass is 9.92. The van der Waals surface area contributed by atoms with Gasteiger partial charge in [-0.05, 0) is 43.0 Å². The summed E-state index contributed by atoms with van der Waals surface area (Å²) in [6, 6.07) is 6.02. The van der Waals surface area contributed by atoms with Crippen LogP contribution in [0.3, 0.4) is 0 Å². The maximum Gasteiger partial charge on any atom is 0.194 e. The number of aryl methyl sites for hydroxylation is 1. The first kappa shape index (κ1) is 13.6. The lowest BCUT2D eigenvalue weighted by Crippen LogP contribution is -2.24. The van der Waals surface area contributed by atoms with Gasteiger partial charge in [0.25, 0.3) is 0 Å². The minimum absolute atomic E-state index is 0.163. The van der Waals surface area contributed by atoms with Crippen LogP contribution in [0.2, 0.25) is 10.0 Å². The van der Waals surface area contributed by atoms with Crippen molar-refractivity contribution in [3.63, 3.8) is 0 Å². The molecule has 1 aromatic carbocycles. The van der Waals surface area contributed by atoms with Gasteiger partial charge in [0, 0.05) is 18.4 Å². The smallest absolute Gasteiger partial charge is 0.194 e. The largest absolute Gasteiger partial charge is 0.446 e. The van der Waals surface area contributed by atoms with E-state index >= 15 is 0 Å². The highest BCUT2D eigenvalue weighted by Gasteiger charge is 2.67. The van der Waals surface area contributed by atoms with Crippen LogP contribution >= 0.6 is 23.2 Å². The SMILES string of the molecule is Cc1cnc(CC2C3CNCC32c2ccc(Cl)c(Cl)c2)o1. The van der Waals surface area contributed by atoms with Crippen molar-refractivity contribution in [2.45, 2.75) is 18.8 Å². The van der Waals surface area contributed by atoms with Gasteiger partial charge in [-0.3, -0.25) is 0 Å². The van der Waals surface area contributed by atoms with Crippen molar-refractivity contribution in [3.8, 4) is 0 Å². The number of halogens is 2. The Morgan fingerprint density at radius 1 is 1.38 bits per heavy atom. The molecule has 1 aliphatic heterocycles. The van der Waals surface area contributed by atoms with Crippen LogP contribution < -0.4 is 5.32 Å². The van der Waals surface area contributed by atoms with Crippen molar-refractivity contribution in [1.29, 1.82) is 0 Å². The maximum atomic E-state index is 6.20. The lowest BCUT2D eigenvalue weighted by molar-refractivity contribution is 0.436. The maximum absolute atomic E-state index is 6.20. The van der Waals surface area contributed by atoms with Gasteiger partial charge in [0.05, 0.1) is 16.2 Å². The summed E-state index contributed by atoms with van der Waals surface area (Å²) in [5.41, 5.74) is 1.44. The van der Waals surface area contributed by atoms with Crippen molar-refractivity contribution in [2.75, 3.05) is 13.1 Å². The van der Waals surface area contributed by atoms with Gasteiger partial charge in [-0.2, -0.15) is 0 Å². The number of nitrogens with zero attached hydrogens (tertiary/aromatic N) is 1. The standard InChI is InChI=1S/C16H16Cl2N2O/c1-9-6-20-15(21-9)5-11-12-7-19-8-16(11,12)10-2-3-13(17)14(18)4-10/h2-4,6,11-12,19H,5,7-8H2,1H3. The van der Waals surface area contributed by atoms with E-state index in [1.54, 1.807) is 6.20 Å². The Kier molecular flexibility index (Phi) is 3.07. The van der Waals surface area contributed by atoms with Crippen LogP contribution in [-0.4, -0.2) is 18.1 Å². The molecule has 2 aliphatic rings. The Balaban J connectivity index is 1.64. The molecule has 0 spiro atoms. The van der Waals surface area contributed by atoms with Crippen LogP contribution in [0, 0.1) is 18.8 Å². The van der Waals surface area contributed by atoms with E-state index in [4.69, 9.17) is 27.6 Å². The fourth-order valence-corrected chi connectivity index (χ4v) is 4.25. The summed E-state index contributed by atoms with van der Waals surface area (Å²) in [6.45, 7) is 3.96. The molecule has 2 fully saturated rings. The quantitative estimate of drug-likeness (QED) is 0.937. The van der Waals surface area contributed by atoms with Gasteiger partial charge in [0.15, 0.2) is 5.89 Å². The molecule has 110 valence electrons. The van der Waals surface area contributed by atoms with E-state index in [9.17, 15) is 0 Å². The van der Waals surface area contributed by atoms with E-state index in [2.05, 4.69) is 16.4 Å². The molecular weight excluding hydrogens is 307 g/mol. The molecule has 0 amide bonds. The van der Waals surface area contributed by atoms with Crippen LogP contribution in [-0.2, 0) is 11.8 Å². The average molecular weight is 323 g/mol. The Morgan fingerprint density at radius 2 is 2.24 bits per heavy atom. The summed E-state index contributed by atoms with van der Waals surface area (Å²) < 4.78 is 5.64. The van der Waals surface area contributed by atoms with Gasteiger partial charge in [0.1, 0.15) is 5.76 Å². The molecule has 1 aliphatic carbocycles. The molecule has 21 heavy (non-hydrogen) atoms. The highest BCUT2D eigenvalue weighted by Crippen LogP contribution is 2.63. The molecule has 3 unspecified atom stereocenters. The molecule has 0 radical (unpaired) electrons. The summed E-state index contributed by atoms with van der Waals surface area (Å²) >= 11 is 12.2. The number of fused-ring (bicyclic) bond motifs is 1. The molecular formula is C16H16Cl2N2O. The summed E-state index contributed by atoms with van der Waals surface area (Å²) in [5.74, 6) is 2.90. The Labute approximate surface area is 133 Å². The first-order chi connectivity index (χ1) is 10.1. The predicted molar refractivity (Wildman–Crippen MR) is 82.9 cm³/mol. The number of hydrogen-bond donors (Lipinski definition) is 1. The number of nitrogens with one attached hydrogen (secondary N) is 1. The molecule has 4 rings (SSSR count). The zero-order chi connectivity index (χ0) is 14.6. The normalized spacial score (nSPS) is 30.4. The molecule has 1 saturated carbocycles. The van der Waals surface area contributed by atoms with Crippen LogP contribution in [0.1, 0.15) is 17.2 Å². The molecule has 1 saturated heterocycles. The van der Waals surface area contributed by atoms with Crippen molar-refractivity contribution >= 4 is 23.2 Å². The zero-order valence-electron chi connectivity index (χ0n) is 11.7. The van der Waals surface area contributed by atoms with E-state index < -0.39 is 0 Å². The lowest BCUT2D eigenvalue weighted by Gasteiger charge is -2.16. The molecule has 3 atom stereocenters. The van der Waals surface area contributed by atoms with E-state index in [0.29, 0.717) is 21.9 Å². The van der Waals surface area contributed by atoms with E-state index in [1.165, 1.54) is 5.56 Å². The van der Waals surface area contributed by atoms with Crippen molar-refractivity contribution in [2.24, 2.45) is 11.8 Å². The van der Waals surface area contributed by atoms with Gasteiger partial charge >= 0.3 is 0 Å². The van der Waals surface area contributed by atoms with E-state index in [-0.39, 0.29) is 5.41 Å².